The Morgan fingerprint density at radius 1 is 1.64 bits per heavy atom. The van der Waals surface area contributed by atoms with E-state index in [0.29, 0.717) is 5.56 Å². The third-order valence-corrected chi connectivity index (χ3v) is 2.81. The van der Waals surface area contributed by atoms with Gasteiger partial charge in [-0.1, -0.05) is 0 Å². The number of halogens is 2. The molecule has 1 aromatic rings. The van der Waals surface area contributed by atoms with Crippen LogP contribution in [0.1, 0.15) is 15.9 Å². The Labute approximate surface area is 89.2 Å². The molecule has 0 amide bonds. The molecule has 0 spiro atoms. The SMILES string of the molecule is COC(=O)c1cc(C)c(Br)c(F)c1N. The Kier molecular flexibility index (Phi) is 3.10. The molecule has 1 aromatic carbocycles. The molecule has 76 valence electrons. The number of ether oxygens (including phenoxy) is 1. The van der Waals surface area contributed by atoms with E-state index in [0.717, 1.165) is 0 Å². The number of hydrogen-bond acceptors (Lipinski definition) is 3. The molecule has 0 bridgehead atoms. The average molecular weight is 262 g/mol. The Morgan fingerprint density at radius 3 is 2.71 bits per heavy atom. The second kappa shape index (κ2) is 3.96. The Hall–Kier alpha value is -1.10. The number of benzene rings is 1. The number of hydrogen-bond donors (Lipinski definition) is 1. The zero-order chi connectivity index (χ0) is 10.9. The van der Waals surface area contributed by atoms with Crippen LogP contribution in [0.3, 0.4) is 0 Å². The summed E-state index contributed by atoms with van der Waals surface area (Å²) in [5, 5.41) is 0. The highest BCUT2D eigenvalue weighted by atomic mass is 79.9. The van der Waals surface area contributed by atoms with E-state index in [-0.39, 0.29) is 15.7 Å². The average Bonchev–Trinajstić information content (AvgIpc) is 2.19. The van der Waals surface area contributed by atoms with Gasteiger partial charge in [0.25, 0.3) is 0 Å². The molecule has 0 heterocycles. The highest BCUT2D eigenvalue weighted by molar-refractivity contribution is 9.10. The summed E-state index contributed by atoms with van der Waals surface area (Å²) in [7, 11) is 1.22. The van der Waals surface area contributed by atoms with Crippen molar-refractivity contribution in [2.24, 2.45) is 0 Å². The maximum absolute atomic E-state index is 13.4. The van der Waals surface area contributed by atoms with Crippen molar-refractivity contribution in [3.63, 3.8) is 0 Å². The molecule has 14 heavy (non-hydrogen) atoms. The van der Waals surface area contributed by atoms with Crippen LogP contribution >= 0.6 is 15.9 Å². The molecule has 0 aliphatic carbocycles. The van der Waals surface area contributed by atoms with E-state index in [4.69, 9.17) is 5.73 Å². The summed E-state index contributed by atoms with van der Waals surface area (Å²) in [6.07, 6.45) is 0. The van der Waals surface area contributed by atoms with Crippen LogP contribution in [0.25, 0.3) is 0 Å². The largest absolute Gasteiger partial charge is 0.465 e. The van der Waals surface area contributed by atoms with Gasteiger partial charge < -0.3 is 10.5 Å². The monoisotopic (exact) mass is 261 g/mol. The van der Waals surface area contributed by atoms with Gasteiger partial charge in [0, 0.05) is 0 Å². The van der Waals surface area contributed by atoms with E-state index < -0.39 is 11.8 Å². The molecule has 0 saturated carbocycles. The third kappa shape index (κ3) is 1.72. The zero-order valence-corrected chi connectivity index (χ0v) is 9.31. The first kappa shape index (κ1) is 11.0. The first-order valence-electron chi connectivity index (χ1n) is 3.81. The first-order valence-corrected chi connectivity index (χ1v) is 4.60. The number of anilines is 1. The van der Waals surface area contributed by atoms with E-state index in [2.05, 4.69) is 20.7 Å². The molecule has 3 nitrogen and oxygen atoms in total. The summed E-state index contributed by atoms with van der Waals surface area (Å²) in [5.41, 5.74) is 5.86. The minimum absolute atomic E-state index is 0.0469. The predicted octanol–water partition coefficient (Wildman–Crippen LogP) is 2.27. The van der Waals surface area contributed by atoms with Crippen LogP contribution in [0.2, 0.25) is 0 Å². The van der Waals surface area contributed by atoms with Crippen molar-refractivity contribution in [1.29, 1.82) is 0 Å². The highest BCUT2D eigenvalue weighted by Gasteiger charge is 2.17. The van der Waals surface area contributed by atoms with Crippen LogP contribution in [0.15, 0.2) is 10.5 Å². The number of nitrogens with two attached hydrogens (primary N) is 1. The molecular weight excluding hydrogens is 253 g/mol. The van der Waals surface area contributed by atoms with E-state index in [1.54, 1.807) is 6.92 Å². The van der Waals surface area contributed by atoms with Gasteiger partial charge in [-0.25, -0.2) is 9.18 Å². The maximum atomic E-state index is 13.4. The molecular formula is C9H9BrFNO2. The molecule has 0 atom stereocenters. The normalized spacial score (nSPS) is 10.0. The number of methoxy groups -OCH3 is 1. The fourth-order valence-electron chi connectivity index (χ4n) is 1.05. The standard InChI is InChI=1S/C9H9BrFNO2/c1-4-3-5(9(13)14-2)8(12)7(11)6(4)10/h3H,12H2,1-2H3. The van der Waals surface area contributed by atoms with Gasteiger partial charge >= 0.3 is 5.97 Å². The number of carbonyl (C=O) groups excluding carboxylic acids is 1. The Balaban J connectivity index is 3.40. The van der Waals surface area contributed by atoms with Crippen LogP contribution < -0.4 is 5.73 Å². The lowest BCUT2D eigenvalue weighted by molar-refractivity contribution is 0.0601. The van der Waals surface area contributed by atoms with Crippen molar-refractivity contribution in [2.45, 2.75) is 6.92 Å². The van der Waals surface area contributed by atoms with E-state index in [1.807, 2.05) is 0 Å². The van der Waals surface area contributed by atoms with Gasteiger partial charge in [0.2, 0.25) is 0 Å². The van der Waals surface area contributed by atoms with Crippen molar-refractivity contribution < 1.29 is 13.9 Å². The van der Waals surface area contributed by atoms with Crippen LogP contribution in [-0.4, -0.2) is 13.1 Å². The molecule has 0 unspecified atom stereocenters. The number of esters is 1. The zero-order valence-electron chi connectivity index (χ0n) is 7.73. The second-order valence-electron chi connectivity index (χ2n) is 2.77. The lowest BCUT2D eigenvalue weighted by Crippen LogP contribution is -2.08. The number of carbonyl (C=O) groups is 1. The fraction of sp³-hybridized carbons (Fsp3) is 0.222. The summed E-state index contributed by atoms with van der Waals surface area (Å²) in [5.74, 6) is -1.28. The summed E-state index contributed by atoms with van der Waals surface area (Å²) in [6.45, 7) is 1.67. The van der Waals surface area contributed by atoms with E-state index >= 15 is 0 Å². The topological polar surface area (TPSA) is 52.3 Å². The molecule has 0 aromatic heterocycles. The number of rotatable bonds is 1. The number of nitrogen functional groups attached to an aromatic ring is 1. The molecule has 0 aliphatic heterocycles. The van der Waals surface area contributed by atoms with Crippen molar-refractivity contribution in [3.05, 3.63) is 27.5 Å². The van der Waals surface area contributed by atoms with Crippen LogP contribution in [-0.2, 0) is 4.74 Å². The molecule has 0 aliphatic rings. The summed E-state index contributed by atoms with van der Waals surface area (Å²) in [4.78, 5) is 11.2. The quantitative estimate of drug-likeness (QED) is 0.623. The van der Waals surface area contributed by atoms with Crippen molar-refractivity contribution in [3.8, 4) is 0 Å². The Bertz CT molecular complexity index is 393. The van der Waals surface area contributed by atoms with Crippen LogP contribution in [0.5, 0.6) is 0 Å². The van der Waals surface area contributed by atoms with Crippen molar-refractivity contribution >= 4 is 27.6 Å². The smallest absolute Gasteiger partial charge is 0.340 e. The molecule has 0 fully saturated rings. The number of aryl methyl sites for hydroxylation is 1. The summed E-state index contributed by atoms with van der Waals surface area (Å²) in [6, 6.07) is 1.48. The molecule has 1 rings (SSSR count). The second-order valence-corrected chi connectivity index (χ2v) is 3.57. The molecule has 0 saturated heterocycles. The first-order chi connectivity index (χ1) is 6.49. The lowest BCUT2D eigenvalue weighted by Gasteiger charge is -2.08. The summed E-state index contributed by atoms with van der Waals surface area (Å²) < 4.78 is 18.1. The molecule has 5 heteroatoms. The maximum Gasteiger partial charge on any atom is 0.340 e. The van der Waals surface area contributed by atoms with Crippen molar-refractivity contribution in [1.82, 2.24) is 0 Å². The van der Waals surface area contributed by atoms with E-state index in [1.165, 1.54) is 13.2 Å². The summed E-state index contributed by atoms with van der Waals surface area (Å²) >= 11 is 3.03. The highest BCUT2D eigenvalue weighted by Crippen LogP contribution is 2.28. The van der Waals surface area contributed by atoms with Gasteiger partial charge in [0.05, 0.1) is 22.8 Å². The van der Waals surface area contributed by atoms with Crippen molar-refractivity contribution in [2.75, 3.05) is 12.8 Å². The van der Waals surface area contributed by atoms with Gasteiger partial charge in [-0.05, 0) is 34.5 Å². The van der Waals surface area contributed by atoms with Crippen LogP contribution in [0, 0.1) is 12.7 Å². The van der Waals surface area contributed by atoms with Gasteiger partial charge in [-0.3, -0.25) is 0 Å². The van der Waals surface area contributed by atoms with Gasteiger partial charge in [-0.2, -0.15) is 0 Å². The third-order valence-electron chi connectivity index (χ3n) is 1.83. The van der Waals surface area contributed by atoms with Gasteiger partial charge in [0.1, 0.15) is 0 Å². The fourth-order valence-corrected chi connectivity index (χ4v) is 1.37. The minimum atomic E-state index is -0.642. The van der Waals surface area contributed by atoms with E-state index in [9.17, 15) is 9.18 Å². The van der Waals surface area contributed by atoms with Gasteiger partial charge in [0.15, 0.2) is 5.82 Å². The van der Waals surface area contributed by atoms with Gasteiger partial charge in [-0.15, -0.1) is 0 Å². The minimum Gasteiger partial charge on any atom is -0.465 e. The molecule has 0 radical (unpaired) electrons. The Morgan fingerprint density at radius 2 is 2.21 bits per heavy atom. The lowest BCUT2D eigenvalue weighted by atomic mass is 10.1. The predicted molar refractivity (Wildman–Crippen MR) is 54.6 cm³/mol. The van der Waals surface area contributed by atoms with Crippen LogP contribution in [0.4, 0.5) is 10.1 Å². The molecule has 2 N–H and O–H groups in total.